The van der Waals surface area contributed by atoms with Gasteiger partial charge in [-0.2, -0.15) is 18.3 Å². The molecule has 3 fully saturated rings. The quantitative estimate of drug-likeness (QED) is 0.270. The predicted octanol–water partition coefficient (Wildman–Crippen LogP) is 6.89. The van der Waals surface area contributed by atoms with E-state index < -0.39 is 29.4 Å². The molecule has 0 bridgehead atoms. The Morgan fingerprint density at radius 1 is 0.953 bits per heavy atom. The molecule has 1 amide bonds. The van der Waals surface area contributed by atoms with Gasteiger partial charge in [0.15, 0.2) is 5.69 Å². The number of nitroso groups, excluding NO2 is 1. The maximum atomic E-state index is 14.0. The third-order valence-corrected chi connectivity index (χ3v) is 9.31. The molecule has 2 aliphatic heterocycles. The number of piperazine rings is 1. The van der Waals surface area contributed by atoms with Crippen molar-refractivity contribution in [1.29, 1.82) is 0 Å². The minimum Gasteiger partial charge on any atom is -0.369 e. The van der Waals surface area contributed by atoms with Crippen molar-refractivity contribution >= 4 is 28.9 Å². The second-order valence-electron chi connectivity index (χ2n) is 11.8. The molecule has 1 aliphatic carbocycles. The summed E-state index contributed by atoms with van der Waals surface area (Å²) in [6, 6.07) is 13.4. The van der Waals surface area contributed by atoms with Crippen LogP contribution in [-0.2, 0) is 6.18 Å². The summed E-state index contributed by atoms with van der Waals surface area (Å²) >= 11 is 6.42. The largest absolute Gasteiger partial charge is 0.433 e. The topological polar surface area (TPSA) is 74.0 Å². The van der Waals surface area contributed by atoms with Gasteiger partial charge in [0.1, 0.15) is 0 Å². The Kier molecular flexibility index (Phi) is 8.46. The lowest BCUT2D eigenvalue weighted by molar-refractivity contribution is -0.145. The molecule has 0 N–H and O–H groups in total. The van der Waals surface area contributed by atoms with Crippen LogP contribution >= 0.6 is 11.6 Å². The molecule has 1 unspecified atom stereocenters. The molecule has 8 nitrogen and oxygen atoms in total. The van der Waals surface area contributed by atoms with Crippen LogP contribution in [0.2, 0.25) is 5.02 Å². The Hall–Kier alpha value is -3.44. The monoisotopic (exact) mass is 614 g/mol. The number of nitrogens with zero attached hydrogens (tertiary/aromatic N) is 6. The number of alkyl halides is 3. The number of anilines is 2. The van der Waals surface area contributed by atoms with Crippen LogP contribution < -0.4 is 9.80 Å². The number of hydrogen-bond donors (Lipinski definition) is 0. The summed E-state index contributed by atoms with van der Waals surface area (Å²) in [4.78, 5) is 29.6. The van der Waals surface area contributed by atoms with Crippen molar-refractivity contribution in [3.63, 3.8) is 0 Å². The Morgan fingerprint density at radius 3 is 2.35 bits per heavy atom. The first kappa shape index (κ1) is 29.6. The molecular weight excluding hydrogens is 581 g/mol. The maximum absolute atomic E-state index is 14.0. The lowest BCUT2D eigenvalue weighted by atomic mass is 9.85. The van der Waals surface area contributed by atoms with Crippen molar-refractivity contribution in [1.82, 2.24) is 14.7 Å². The standard InChI is InChI=1S/C31H34ClF3N6O2/c32-23-8-11-26(22-6-9-24(10-7-22)39-15-13-38(14-16-39)19-21-3-1-4-21)28(17-23)40-12-2-5-25(20-40)41-29(31(33,34)35)27(18-36-41)30(42)37-43/h6-11,17-18,21,25H,1-5,12-16,19-20H2. The smallest absolute Gasteiger partial charge is 0.369 e. The fourth-order valence-electron chi connectivity index (χ4n) is 6.59. The van der Waals surface area contributed by atoms with E-state index in [1.165, 1.54) is 31.5 Å². The van der Waals surface area contributed by atoms with Crippen molar-refractivity contribution in [2.75, 3.05) is 55.6 Å². The fraction of sp³-hybridized carbons (Fsp3) is 0.484. The average molecular weight is 615 g/mol. The van der Waals surface area contributed by atoms with Crippen molar-refractivity contribution in [2.24, 2.45) is 11.1 Å². The van der Waals surface area contributed by atoms with Gasteiger partial charge >= 0.3 is 12.1 Å². The van der Waals surface area contributed by atoms with Crippen LogP contribution in [0.4, 0.5) is 24.5 Å². The summed E-state index contributed by atoms with van der Waals surface area (Å²) in [6.45, 7) is 6.21. The minimum absolute atomic E-state index is 0.226. The van der Waals surface area contributed by atoms with Gasteiger partial charge in [0.05, 0.1) is 17.8 Å². The normalized spacial score (nSPS) is 20.2. The molecule has 2 saturated heterocycles. The highest BCUT2D eigenvalue weighted by molar-refractivity contribution is 6.31. The fourth-order valence-corrected chi connectivity index (χ4v) is 6.76. The molecule has 3 heterocycles. The Balaban J connectivity index is 1.20. The Morgan fingerprint density at radius 2 is 1.70 bits per heavy atom. The van der Waals surface area contributed by atoms with Crippen molar-refractivity contribution in [2.45, 2.75) is 44.3 Å². The number of benzene rings is 2. The first-order valence-corrected chi connectivity index (χ1v) is 15.2. The molecule has 228 valence electrons. The Bertz CT molecular complexity index is 1470. The molecule has 2 aromatic carbocycles. The molecule has 0 spiro atoms. The first-order valence-electron chi connectivity index (χ1n) is 14.9. The second-order valence-corrected chi connectivity index (χ2v) is 12.2. The van der Waals surface area contributed by atoms with E-state index in [0.717, 1.165) is 59.8 Å². The zero-order chi connectivity index (χ0) is 30.1. The van der Waals surface area contributed by atoms with Gasteiger partial charge in [-0.1, -0.05) is 36.2 Å². The van der Waals surface area contributed by atoms with Crippen molar-refractivity contribution in [3.8, 4) is 11.1 Å². The zero-order valence-electron chi connectivity index (χ0n) is 23.8. The van der Waals surface area contributed by atoms with Gasteiger partial charge in [-0.3, -0.25) is 14.4 Å². The average Bonchev–Trinajstić information content (AvgIpc) is 3.46. The van der Waals surface area contributed by atoms with E-state index in [-0.39, 0.29) is 6.54 Å². The van der Waals surface area contributed by atoms with Gasteiger partial charge in [-0.05, 0) is 61.4 Å². The van der Waals surface area contributed by atoms with E-state index in [1.807, 2.05) is 23.1 Å². The summed E-state index contributed by atoms with van der Waals surface area (Å²) in [5.74, 6) is -0.607. The summed E-state index contributed by atoms with van der Waals surface area (Å²) < 4.78 is 42.9. The van der Waals surface area contributed by atoms with E-state index in [2.05, 4.69) is 44.3 Å². The number of aromatic nitrogens is 2. The van der Waals surface area contributed by atoms with Crippen LogP contribution in [0, 0.1) is 10.8 Å². The Labute approximate surface area is 253 Å². The van der Waals surface area contributed by atoms with Crippen LogP contribution in [0.1, 0.15) is 54.2 Å². The van der Waals surface area contributed by atoms with E-state index in [4.69, 9.17) is 11.6 Å². The molecule has 0 radical (unpaired) electrons. The number of piperidine rings is 1. The molecular formula is C31H34ClF3N6O2. The van der Waals surface area contributed by atoms with Gasteiger partial charge in [-0.15, -0.1) is 4.91 Å². The lowest BCUT2D eigenvalue weighted by Crippen LogP contribution is -2.48. The van der Waals surface area contributed by atoms with Crippen LogP contribution in [0.3, 0.4) is 0 Å². The highest BCUT2D eigenvalue weighted by atomic mass is 35.5. The minimum atomic E-state index is -4.87. The second kappa shape index (κ2) is 12.3. The number of rotatable bonds is 7. The highest BCUT2D eigenvalue weighted by Crippen LogP contribution is 2.40. The van der Waals surface area contributed by atoms with Gasteiger partial charge in [0.25, 0.3) is 0 Å². The van der Waals surface area contributed by atoms with E-state index in [0.29, 0.717) is 24.4 Å². The van der Waals surface area contributed by atoms with Crippen LogP contribution in [0.15, 0.2) is 53.8 Å². The van der Waals surface area contributed by atoms with E-state index in [9.17, 15) is 22.9 Å². The molecule has 43 heavy (non-hydrogen) atoms. The zero-order valence-corrected chi connectivity index (χ0v) is 24.5. The number of hydrogen-bond acceptors (Lipinski definition) is 6. The number of carbonyl (C=O) groups is 1. The van der Waals surface area contributed by atoms with Crippen LogP contribution in [0.25, 0.3) is 11.1 Å². The van der Waals surface area contributed by atoms with Gasteiger partial charge in [0.2, 0.25) is 0 Å². The van der Waals surface area contributed by atoms with Crippen LogP contribution in [-0.4, -0.2) is 66.4 Å². The first-order chi connectivity index (χ1) is 20.7. The molecule has 3 aromatic rings. The number of halogens is 4. The molecule has 1 saturated carbocycles. The third kappa shape index (κ3) is 6.28. The summed E-state index contributed by atoms with van der Waals surface area (Å²) in [7, 11) is 0. The van der Waals surface area contributed by atoms with E-state index in [1.54, 1.807) is 0 Å². The molecule has 1 atom stereocenters. The van der Waals surface area contributed by atoms with Gasteiger partial charge < -0.3 is 9.80 Å². The van der Waals surface area contributed by atoms with Crippen LogP contribution in [0.5, 0.6) is 0 Å². The summed E-state index contributed by atoms with van der Waals surface area (Å²) in [5, 5.41) is 6.61. The lowest BCUT2D eigenvalue weighted by Gasteiger charge is -2.39. The summed E-state index contributed by atoms with van der Waals surface area (Å²) in [5.41, 5.74) is 1.84. The molecule has 6 rings (SSSR count). The highest BCUT2D eigenvalue weighted by Gasteiger charge is 2.42. The molecule has 3 aliphatic rings. The SMILES string of the molecule is O=NC(=O)c1cnn(C2CCCN(c3cc(Cl)ccc3-c3ccc(N4CCN(CC5CCC5)CC4)cc3)C2)c1C(F)(F)F. The maximum Gasteiger partial charge on any atom is 0.433 e. The van der Waals surface area contributed by atoms with Crippen molar-refractivity contribution in [3.05, 3.63) is 69.8 Å². The number of carbonyl (C=O) groups excluding carboxylic acids is 1. The number of amides is 1. The third-order valence-electron chi connectivity index (χ3n) is 9.08. The predicted molar refractivity (Wildman–Crippen MR) is 161 cm³/mol. The van der Waals surface area contributed by atoms with Gasteiger partial charge in [-0.25, -0.2) is 0 Å². The molecule has 1 aromatic heterocycles. The summed E-state index contributed by atoms with van der Waals surface area (Å²) in [6.07, 6.45) is 1.05. The van der Waals surface area contributed by atoms with Crippen molar-refractivity contribution < 1.29 is 18.0 Å². The molecule has 12 heteroatoms. The van der Waals surface area contributed by atoms with Gasteiger partial charge in [0, 0.05) is 73.0 Å². The van der Waals surface area contributed by atoms with E-state index >= 15 is 0 Å².